The van der Waals surface area contributed by atoms with Crippen LogP contribution in [0.4, 0.5) is 0 Å². The summed E-state index contributed by atoms with van der Waals surface area (Å²) >= 11 is 6.00. The van der Waals surface area contributed by atoms with E-state index in [1.165, 1.54) is 26.4 Å². The van der Waals surface area contributed by atoms with E-state index in [-0.39, 0.29) is 5.84 Å². The van der Waals surface area contributed by atoms with Crippen LogP contribution in [0, 0.1) is 0 Å². The average molecular weight is 361 g/mol. The van der Waals surface area contributed by atoms with Gasteiger partial charge in [0.05, 0.1) is 14.2 Å². The molecule has 130 valence electrons. The number of carbonyl (C=O) groups excluding carboxylic acids is 1. The zero-order chi connectivity index (χ0) is 18.2. The molecule has 6 nitrogen and oxygen atoms in total. The molecular weight excluding hydrogens is 344 g/mol. The Morgan fingerprint density at radius 1 is 1.12 bits per heavy atom. The summed E-state index contributed by atoms with van der Waals surface area (Å²) in [5.41, 5.74) is 7.04. The standard InChI is InChI=1S/C18H17ClN2O4/c1-23-15-9-7-13(11-16(15)24-2)18(20)21-25-17(22)10-8-12-5-3-4-6-14(12)19/h3-11H,1-2H3,(H2,20,21)/b10-8+. The van der Waals surface area contributed by atoms with E-state index in [0.717, 1.165) is 0 Å². The summed E-state index contributed by atoms with van der Waals surface area (Å²) in [7, 11) is 3.04. The van der Waals surface area contributed by atoms with Crippen LogP contribution in [0.3, 0.4) is 0 Å². The number of halogens is 1. The average Bonchev–Trinajstić information content (AvgIpc) is 2.64. The first-order valence-electron chi connectivity index (χ1n) is 7.24. The predicted octanol–water partition coefficient (Wildman–Crippen LogP) is 3.23. The molecule has 7 heteroatoms. The number of amidine groups is 1. The van der Waals surface area contributed by atoms with E-state index in [4.69, 9.17) is 31.6 Å². The summed E-state index contributed by atoms with van der Waals surface area (Å²) < 4.78 is 10.3. The summed E-state index contributed by atoms with van der Waals surface area (Å²) in [6.07, 6.45) is 2.75. The lowest BCUT2D eigenvalue weighted by molar-refractivity contribution is -0.137. The molecule has 0 bridgehead atoms. The van der Waals surface area contributed by atoms with Crippen LogP contribution in [0.1, 0.15) is 11.1 Å². The van der Waals surface area contributed by atoms with Gasteiger partial charge in [-0.2, -0.15) is 0 Å². The first-order valence-corrected chi connectivity index (χ1v) is 7.62. The van der Waals surface area contributed by atoms with Gasteiger partial charge in [-0.25, -0.2) is 4.79 Å². The number of nitrogens with two attached hydrogens (primary N) is 1. The third-order valence-electron chi connectivity index (χ3n) is 3.22. The van der Waals surface area contributed by atoms with Crippen molar-refractivity contribution in [2.75, 3.05) is 14.2 Å². The van der Waals surface area contributed by atoms with Crippen molar-refractivity contribution in [3.8, 4) is 11.5 Å². The highest BCUT2D eigenvalue weighted by Crippen LogP contribution is 2.27. The highest BCUT2D eigenvalue weighted by molar-refractivity contribution is 6.32. The maximum atomic E-state index is 11.7. The molecule has 2 N–H and O–H groups in total. The zero-order valence-corrected chi connectivity index (χ0v) is 14.5. The number of hydrogen-bond acceptors (Lipinski definition) is 5. The van der Waals surface area contributed by atoms with Gasteiger partial charge in [-0.05, 0) is 35.9 Å². The number of ether oxygens (including phenoxy) is 2. The Bertz CT molecular complexity index is 818. The fourth-order valence-corrected chi connectivity index (χ4v) is 2.14. The molecular formula is C18H17ClN2O4. The molecule has 0 amide bonds. The van der Waals surface area contributed by atoms with Crippen LogP contribution < -0.4 is 15.2 Å². The minimum absolute atomic E-state index is 0.0282. The topological polar surface area (TPSA) is 83.1 Å². The quantitative estimate of drug-likeness (QED) is 0.281. The van der Waals surface area contributed by atoms with Crippen LogP contribution in [0.15, 0.2) is 53.7 Å². The zero-order valence-electron chi connectivity index (χ0n) is 13.7. The second kappa shape index (κ2) is 8.75. The maximum Gasteiger partial charge on any atom is 0.358 e. The lowest BCUT2D eigenvalue weighted by Gasteiger charge is -2.08. The van der Waals surface area contributed by atoms with E-state index < -0.39 is 5.97 Å². The number of benzene rings is 2. The van der Waals surface area contributed by atoms with Crippen molar-refractivity contribution < 1.29 is 19.1 Å². The Morgan fingerprint density at radius 3 is 2.52 bits per heavy atom. The van der Waals surface area contributed by atoms with Gasteiger partial charge in [0, 0.05) is 16.7 Å². The molecule has 0 radical (unpaired) electrons. The predicted molar refractivity (Wildman–Crippen MR) is 96.8 cm³/mol. The van der Waals surface area contributed by atoms with Crippen molar-refractivity contribution in [1.29, 1.82) is 0 Å². The molecule has 0 aromatic heterocycles. The molecule has 25 heavy (non-hydrogen) atoms. The first kappa shape index (κ1) is 18.4. The van der Waals surface area contributed by atoms with Crippen molar-refractivity contribution in [2.45, 2.75) is 0 Å². The lowest BCUT2D eigenvalue weighted by Crippen LogP contribution is -2.15. The third kappa shape index (κ3) is 4.99. The molecule has 2 rings (SSSR count). The largest absolute Gasteiger partial charge is 0.493 e. The molecule has 0 atom stereocenters. The molecule has 0 heterocycles. The van der Waals surface area contributed by atoms with Gasteiger partial charge in [-0.3, -0.25) is 0 Å². The highest BCUT2D eigenvalue weighted by Gasteiger charge is 2.08. The van der Waals surface area contributed by atoms with Crippen molar-refractivity contribution in [1.82, 2.24) is 0 Å². The van der Waals surface area contributed by atoms with Gasteiger partial charge in [0.25, 0.3) is 0 Å². The molecule has 0 saturated heterocycles. The first-order chi connectivity index (χ1) is 12.0. The number of hydrogen-bond donors (Lipinski definition) is 1. The number of nitrogens with zero attached hydrogens (tertiary/aromatic N) is 1. The van der Waals surface area contributed by atoms with Crippen LogP contribution in [0.5, 0.6) is 11.5 Å². The van der Waals surface area contributed by atoms with Crippen molar-refractivity contribution in [2.24, 2.45) is 10.9 Å². The van der Waals surface area contributed by atoms with Gasteiger partial charge in [0.1, 0.15) is 0 Å². The van der Waals surface area contributed by atoms with Crippen molar-refractivity contribution >= 4 is 29.5 Å². The SMILES string of the molecule is COc1ccc(/C(N)=N/OC(=O)/C=C/c2ccccc2Cl)cc1OC. The Morgan fingerprint density at radius 2 is 1.84 bits per heavy atom. The van der Waals surface area contributed by atoms with Crippen molar-refractivity contribution in [3.63, 3.8) is 0 Å². The fraction of sp³-hybridized carbons (Fsp3) is 0.111. The Hall–Kier alpha value is -2.99. The number of carbonyl (C=O) groups is 1. The van der Waals surface area contributed by atoms with Crippen LogP contribution in [0.25, 0.3) is 6.08 Å². The van der Waals surface area contributed by atoms with Crippen molar-refractivity contribution in [3.05, 3.63) is 64.7 Å². The summed E-state index contributed by atoms with van der Waals surface area (Å²) in [6.45, 7) is 0. The molecule has 0 fully saturated rings. The maximum absolute atomic E-state index is 11.7. The Kier molecular flexibility index (Phi) is 6.42. The minimum Gasteiger partial charge on any atom is -0.493 e. The van der Waals surface area contributed by atoms with E-state index >= 15 is 0 Å². The van der Waals surface area contributed by atoms with Gasteiger partial charge in [-0.15, -0.1) is 0 Å². The summed E-state index contributed by atoms with van der Waals surface area (Å²) in [5.74, 6) is 0.394. The summed E-state index contributed by atoms with van der Waals surface area (Å²) in [6, 6.07) is 12.1. The van der Waals surface area contributed by atoms with Crippen LogP contribution >= 0.6 is 11.6 Å². The number of oxime groups is 1. The van der Waals surface area contributed by atoms with Gasteiger partial charge < -0.3 is 20.0 Å². The normalized spacial score (nSPS) is 11.4. The fourth-order valence-electron chi connectivity index (χ4n) is 1.94. The summed E-state index contributed by atoms with van der Waals surface area (Å²) in [4.78, 5) is 16.5. The highest BCUT2D eigenvalue weighted by atomic mass is 35.5. The second-order valence-corrected chi connectivity index (χ2v) is 5.22. The Balaban J connectivity index is 2.05. The molecule has 2 aromatic carbocycles. The van der Waals surface area contributed by atoms with Crippen LogP contribution in [-0.2, 0) is 9.63 Å². The third-order valence-corrected chi connectivity index (χ3v) is 3.56. The Labute approximate surface area is 150 Å². The molecule has 0 aliphatic carbocycles. The van der Waals surface area contributed by atoms with Gasteiger partial charge >= 0.3 is 5.97 Å². The van der Waals surface area contributed by atoms with E-state index in [9.17, 15) is 4.79 Å². The lowest BCUT2D eigenvalue weighted by atomic mass is 10.2. The van der Waals surface area contributed by atoms with Gasteiger partial charge in [0.2, 0.25) is 0 Å². The monoisotopic (exact) mass is 360 g/mol. The summed E-state index contributed by atoms with van der Waals surface area (Å²) in [5, 5.41) is 4.15. The van der Waals surface area contributed by atoms with E-state index in [1.54, 1.807) is 36.4 Å². The van der Waals surface area contributed by atoms with Gasteiger partial charge in [0.15, 0.2) is 17.3 Å². The molecule has 0 aliphatic heterocycles. The van der Waals surface area contributed by atoms with E-state index in [1.807, 2.05) is 6.07 Å². The van der Waals surface area contributed by atoms with Gasteiger partial charge in [-0.1, -0.05) is 35.0 Å². The molecule has 2 aromatic rings. The van der Waals surface area contributed by atoms with E-state index in [0.29, 0.717) is 27.6 Å². The van der Waals surface area contributed by atoms with Crippen LogP contribution in [-0.4, -0.2) is 26.0 Å². The number of rotatable bonds is 6. The minimum atomic E-state index is -0.677. The molecule has 0 spiro atoms. The smallest absolute Gasteiger partial charge is 0.358 e. The van der Waals surface area contributed by atoms with Crippen LogP contribution in [0.2, 0.25) is 5.02 Å². The molecule has 0 aliphatic rings. The molecule has 0 saturated carbocycles. The second-order valence-electron chi connectivity index (χ2n) is 4.81. The van der Waals surface area contributed by atoms with E-state index in [2.05, 4.69) is 5.16 Å². The molecule has 0 unspecified atom stereocenters. The number of methoxy groups -OCH3 is 2.